The van der Waals surface area contributed by atoms with Gasteiger partial charge in [-0.15, -0.1) is 0 Å². The number of carbonyl (C=O) groups excluding carboxylic acids is 1. The van der Waals surface area contributed by atoms with Crippen molar-refractivity contribution in [3.05, 3.63) is 70.9 Å². The van der Waals surface area contributed by atoms with E-state index in [1.807, 2.05) is 29.2 Å². The minimum Gasteiger partial charge on any atom is -0.497 e. The number of carbonyl (C=O) groups is 1. The van der Waals surface area contributed by atoms with Crippen LogP contribution in [0.2, 0.25) is 0 Å². The van der Waals surface area contributed by atoms with Gasteiger partial charge in [-0.25, -0.2) is 0 Å². The Hall–Kier alpha value is -3.08. The van der Waals surface area contributed by atoms with Crippen LogP contribution in [-0.4, -0.2) is 34.7 Å². The maximum atomic E-state index is 13.1. The number of nitrogens with zero attached hydrogens (tertiary/aromatic N) is 2. The molecule has 144 valence electrons. The van der Waals surface area contributed by atoms with E-state index in [1.165, 1.54) is 5.56 Å². The molecule has 1 atom stereocenters. The molecular formula is C23H25N3O2. The molecule has 4 rings (SSSR count). The highest BCUT2D eigenvalue weighted by Crippen LogP contribution is 2.43. The number of aryl methyl sites for hydroxylation is 1. The van der Waals surface area contributed by atoms with Crippen molar-refractivity contribution in [1.82, 2.24) is 15.1 Å². The molecule has 0 radical (unpaired) electrons. The van der Waals surface area contributed by atoms with Crippen LogP contribution in [0, 0.1) is 0 Å². The molecule has 5 heteroatoms. The number of aromatic amines is 1. The Balaban J connectivity index is 1.83. The number of H-pyrrole nitrogens is 1. The van der Waals surface area contributed by atoms with Gasteiger partial charge in [-0.3, -0.25) is 9.89 Å². The van der Waals surface area contributed by atoms with E-state index in [0.717, 1.165) is 41.0 Å². The summed E-state index contributed by atoms with van der Waals surface area (Å²) < 4.78 is 5.27. The van der Waals surface area contributed by atoms with Crippen molar-refractivity contribution in [3.63, 3.8) is 0 Å². The first-order chi connectivity index (χ1) is 13.7. The monoisotopic (exact) mass is 375 g/mol. The summed E-state index contributed by atoms with van der Waals surface area (Å²) in [5.41, 5.74) is 5.78. The maximum Gasteiger partial charge on any atom is 0.273 e. The summed E-state index contributed by atoms with van der Waals surface area (Å²) in [6.45, 7) is 4.96. The zero-order valence-electron chi connectivity index (χ0n) is 16.5. The molecule has 0 saturated heterocycles. The average Bonchev–Trinajstić information content (AvgIpc) is 3.28. The third kappa shape index (κ3) is 2.97. The molecule has 3 aromatic rings. The molecule has 0 bridgehead atoms. The predicted octanol–water partition coefficient (Wildman–Crippen LogP) is 4.60. The lowest BCUT2D eigenvalue weighted by molar-refractivity contribution is 0.0744. The SMILES string of the molecule is CCCN1C(=O)c2[nH]nc(-c3ccc(OC)cc3)c2C1c1ccc(CC)cc1. The van der Waals surface area contributed by atoms with Crippen molar-refractivity contribution < 1.29 is 9.53 Å². The number of ether oxygens (including phenoxy) is 1. The topological polar surface area (TPSA) is 58.2 Å². The maximum absolute atomic E-state index is 13.1. The number of benzene rings is 2. The van der Waals surface area contributed by atoms with Crippen molar-refractivity contribution in [2.45, 2.75) is 32.7 Å². The van der Waals surface area contributed by atoms with Gasteiger partial charge in [0.1, 0.15) is 11.4 Å². The second-order valence-corrected chi connectivity index (χ2v) is 7.09. The van der Waals surface area contributed by atoms with Gasteiger partial charge in [0.25, 0.3) is 5.91 Å². The largest absolute Gasteiger partial charge is 0.497 e. The Kier molecular flexibility index (Phi) is 4.90. The average molecular weight is 375 g/mol. The van der Waals surface area contributed by atoms with Gasteiger partial charge in [0.15, 0.2) is 0 Å². The fraction of sp³-hybridized carbons (Fsp3) is 0.304. The molecule has 1 amide bonds. The summed E-state index contributed by atoms with van der Waals surface area (Å²) in [6.07, 6.45) is 1.90. The number of amides is 1. The predicted molar refractivity (Wildman–Crippen MR) is 110 cm³/mol. The van der Waals surface area contributed by atoms with Crippen LogP contribution >= 0.6 is 0 Å². The lowest BCUT2D eigenvalue weighted by Crippen LogP contribution is -2.30. The molecular weight excluding hydrogens is 350 g/mol. The highest BCUT2D eigenvalue weighted by Gasteiger charge is 2.41. The molecule has 0 saturated carbocycles. The first-order valence-electron chi connectivity index (χ1n) is 9.80. The summed E-state index contributed by atoms with van der Waals surface area (Å²) >= 11 is 0. The molecule has 1 unspecified atom stereocenters. The highest BCUT2D eigenvalue weighted by molar-refractivity contribution is 6.00. The van der Waals surface area contributed by atoms with Crippen molar-refractivity contribution in [3.8, 4) is 17.0 Å². The molecule has 1 aliphatic rings. The standard InChI is InChI=1S/C23H25N3O2/c1-4-14-26-22(17-8-6-15(5-2)7-9-17)19-20(24-25-21(19)23(26)27)16-10-12-18(28-3)13-11-16/h6-13,22H,4-5,14H2,1-3H3,(H,24,25). The zero-order valence-corrected chi connectivity index (χ0v) is 16.5. The molecule has 2 aromatic carbocycles. The molecule has 0 spiro atoms. The number of hydrogen-bond donors (Lipinski definition) is 1. The fourth-order valence-electron chi connectivity index (χ4n) is 3.92. The van der Waals surface area contributed by atoms with Gasteiger partial charge in [-0.2, -0.15) is 5.10 Å². The van der Waals surface area contributed by atoms with Crippen LogP contribution in [0.4, 0.5) is 0 Å². The van der Waals surface area contributed by atoms with E-state index in [-0.39, 0.29) is 11.9 Å². The summed E-state index contributed by atoms with van der Waals surface area (Å²) in [5, 5.41) is 7.51. The van der Waals surface area contributed by atoms with Crippen molar-refractivity contribution in [2.24, 2.45) is 0 Å². The Labute approximate surface area is 165 Å². The summed E-state index contributed by atoms with van der Waals surface area (Å²) in [7, 11) is 1.65. The lowest BCUT2D eigenvalue weighted by Gasteiger charge is -2.26. The van der Waals surface area contributed by atoms with Crippen LogP contribution in [-0.2, 0) is 6.42 Å². The van der Waals surface area contributed by atoms with Gasteiger partial charge in [-0.1, -0.05) is 38.1 Å². The van der Waals surface area contributed by atoms with Crippen LogP contribution in [0.25, 0.3) is 11.3 Å². The van der Waals surface area contributed by atoms with Crippen molar-refractivity contribution >= 4 is 5.91 Å². The number of hydrogen-bond acceptors (Lipinski definition) is 3. The Morgan fingerprint density at radius 2 is 1.79 bits per heavy atom. The second kappa shape index (κ2) is 7.50. The van der Waals surface area contributed by atoms with Gasteiger partial charge in [0, 0.05) is 17.7 Å². The highest BCUT2D eigenvalue weighted by atomic mass is 16.5. The van der Waals surface area contributed by atoms with E-state index in [0.29, 0.717) is 12.2 Å². The van der Waals surface area contributed by atoms with Crippen molar-refractivity contribution in [1.29, 1.82) is 0 Å². The van der Waals surface area contributed by atoms with Gasteiger partial charge in [0.05, 0.1) is 18.8 Å². The first-order valence-corrected chi connectivity index (χ1v) is 9.80. The molecule has 2 heterocycles. The van der Waals surface area contributed by atoms with E-state index < -0.39 is 0 Å². The third-order valence-electron chi connectivity index (χ3n) is 5.40. The Morgan fingerprint density at radius 1 is 1.07 bits per heavy atom. The molecule has 1 aliphatic heterocycles. The van der Waals surface area contributed by atoms with E-state index in [9.17, 15) is 4.79 Å². The van der Waals surface area contributed by atoms with Crippen LogP contribution in [0.5, 0.6) is 5.75 Å². The van der Waals surface area contributed by atoms with E-state index in [2.05, 4.69) is 48.3 Å². The van der Waals surface area contributed by atoms with Crippen LogP contribution in [0.3, 0.4) is 0 Å². The molecule has 0 fully saturated rings. The smallest absolute Gasteiger partial charge is 0.273 e. The quantitative estimate of drug-likeness (QED) is 0.685. The normalized spacial score (nSPS) is 15.8. The van der Waals surface area contributed by atoms with E-state index in [1.54, 1.807) is 7.11 Å². The van der Waals surface area contributed by atoms with Gasteiger partial charge in [-0.05, 0) is 48.2 Å². The molecule has 28 heavy (non-hydrogen) atoms. The minimum atomic E-state index is -0.121. The number of rotatable bonds is 6. The zero-order chi connectivity index (χ0) is 19.7. The van der Waals surface area contributed by atoms with E-state index >= 15 is 0 Å². The summed E-state index contributed by atoms with van der Waals surface area (Å²) in [5.74, 6) is 0.819. The summed E-state index contributed by atoms with van der Waals surface area (Å²) in [4.78, 5) is 15.0. The Morgan fingerprint density at radius 3 is 2.39 bits per heavy atom. The molecule has 5 nitrogen and oxygen atoms in total. The van der Waals surface area contributed by atoms with Crippen molar-refractivity contribution in [2.75, 3.05) is 13.7 Å². The van der Waals surface area contributed by atoms with Gasteiger partial charge >= 0.3 is 0 Å². The third-order valence-corrected chi connectivity index (χ3v) is 5.40. The van der Waals surface area contributed by atoms with Crippen LogP contribution in [0.1, 0.15) is 53.5 Å². The van der Waals surface area contributed by atoms with Gasteiger partial charge in [0.2, 0.25) is 0 Å². The van der Waals surface area contributed by atoms with Crippen LogP contribution in [0.15, 0.2) is 48.5 Å². The van der Waals surface area contributed by atoms with Gasteiger partial charge < -0.3 is 9.64 Å². The second-order valence-electron chi connectivity index (χ2n) is 7.09. The van der Waals surface area contributed by atoms with E-state index in [4.69, 9.17) is 4.74 Å². The lowest BCUT2D eigenvalue weighted by atomic mass is 9.95. The number of aromatic nitrogens is 2. The summed E-state index contributed by atoms with van der Waals surface area (Å²) in [6, 6.07) is 16.3. The molecule has 0 aliphatic carbocycles. The Bertz CT molecular complexity index is 974. The molecule has 1 N–H and O–H groups in total. The number of fused-ring (bicyclic) bond motifs is 1. The number of nitrogens with one attached hydrogen (secondary N) is 1. The first kappa shape index (κ1) is 18.3. The minimum absolute atomic E-state index is 0.0219. The van der Waals surface area contributed by atoms with Crippen LogP contribution < -0.4 is 4.74 Å². The number of methoxy groups -OCH3 is 1. The fourth-order valence-corrected chi connectivity index (χ4v) is 3.92. The molecule has 1 aromatic heterocycles.